The van der Waals surface area contributed by atoms with Crippen molar-refractivity contribution in [3.8, 4) is 0 Å². The van der Waals surface area contributed by atoms with Crippen molar-refractivity contribution in [2.45, 2.75) is 32.9 Å². The van der Waals surface area contributed by atoms with E-state index in [2.05, 4.69) is 23.3 Å². The third-order valence-electron chi connectivity index (χ3n) is 4.85. The molecule has 1 aromatic carbocycles. The Labute approximate surface area is 149 Å². The second-order valence-corrected chi connectivity index (χ2v) is 9.26. The lowest BCUT2D eigenvalue weighted by atomic mass is 10.1. The van der Waals surface area contributed by atoms with Gasteiger partial charge in [-0.15, -0.1) is 0 Å². The first kappa shape index (κ1) is 18.1. The van der Waals surface area contributed by atoms with Crippen LogP contribution in [-0.4, -0.2) is 47.5 Å². The van der Waals surface area contributed by atoms with Gasteiger partial charge in [0.2, 0.25) is 10.0 Å². The molecule has 0 fully saturated rings. The molecule has 0 amide bonds. The Kier molecular flexibility index (Phi) is 4.99. The fraction of sp³-hybridized carbons (Fsp3) is 0.500. The fourth-order valence-electron chi connectivity index (χ4n) is 3.41. The van der Waals surface area contributed by atoms with Crippen molar-refractivity contribution in [1.29, 1.82) is 0 Å². The van der Waals surface area contributed by atoms with E-state index in [1.165, 1.54) is 15.4 Å². The third-order valence-corrected chi connectivity index (χ3v) is 6.86. The minimum Gasteiger partial charge on any atom is -0.392 e. The number of benzene rings is 1. The first-order chi connectivity index (χ1) is 11.8. The molecule has 1 aromatic heterocycles. The largest absolute Gasteiger partial charge is 0.392 e. The molecule has 1 aliphatic rings. The van der Waals surface area contributed by atoms with Gasteiger partial charge in [0.15, 0.2) is 0 Å². The maximum absolute atomic E-state index is 12.1. The normalized spacial score (nSPS) is 17.2. The number of nitrogens with zero attached hydrogens (tertiary/aromatic N) is 3. The number of aromatic nitrogens is 2. The van der Waals surface area contributed by atoms with E-state index >= 15 is 0 Å². The lowest BCUT2D eigenvalue weighted by Crippen LogP contribution is -2.29. The summed E-state index contributed by atoms with van der Waals surface area (Å²) in [7, 11) is 0.00369. The predicted octanol–water partition coefficient (Wildman–Crippen LogP) is 1.34. The van der Waals surface area contributed by atoms with Crippen molar-refractivity contribution in [2.24, 2.45) is 5.92 Å². The molecular formula is C18H25N3O3S. The molecular weight excluding hydrogens is 338 g/mol. The zero-order valence-electron chi connectivity index (χ0n) is 14.9. The van der Waals surface area contributed by atoms with Crippen LogP contribution in [0.25, 0.3) is 0 Å². The first-order valence-electron chi connectivity index (χ1n) is 8.43. The van der Waals surface area contributed by atoms with Crippen LogP contribution in [0.15, 0.2) is 24.4 Å². The highest BCUT2D eigenvalue weighted by Crippen LogP contribution is 2.29. The molecule has 0 saturated heterocycles. The number of aliphatic hydroxyl groups excluding tert-OH is 1. The SMILES string of the molecule is Cc1nn(Cc2ccc3c(c2)C[C@@H](CS(=O)(=O)N(C)C)C3)cc1CO. The summed E-state index contributed by atoms with van der Waals surface area (Å²) in [5.74, 6) is 0.341. The second kappa shape index (κ2) is 6.90. The van der Waals surface area contributed by atoms with Crippen molar-refractivity contribution >= 4 is 10.0 Å². The standard InChI is InChI=1S/C18H25N3O3S/c1-13-18(11-22)10-21(19-13)9-14-4-5-16-7-15(8-17(16)6-14)12-25(23,24)20(2)3/h4-6,10,15,22H,7-9,11-12H2,1-3H3/t15-/m0/s1. The third kappa shape index (κ3) is 3.94. The topological polar surface area (TPSA) is 75.4 Å². The van der Waals surface area contributed by atoms with Gasteiger partial charge in [-0.3, -0.25) is 4.68 Å². The van der Waals surface area contributed by atoms with Crippen molar-refractivity contribution in [2.75, 3.05) is 19.8 Å². The second-order valence-electron chi connectivity index (χ2n) is 7.03. The molecule has 0 saturated carbocycles. The maximum Gasteiger partial charge on any atom is 0.213 e. The smallest absolute Gasteiger partial charge is 0.213 e. The molecule has 0 bridgehead atoms. The average Bonchev–Trinajstić information content (AvgIpc) is 3.08. The van der Waals surface area contributed by atoms with Gasteiger partial charge in [0.05, 0.1) is 24.6 Å². The van der Waals surface area contributed by atoms with Crippen LogP contribution >= 0.6 is 0 Å². The molecule has 0 spiro atoms. The lowest BCUT2D eigenvalue weighted by molar-refractivity contribution is 0.281. The number of aliphatic hydroxyl groups is 1. The summed E-state index contributed by atoms with van der Waals surface area (Å²) in [6.45, 7) is 2.54. The minimum atomic E-state index is -3.17. The van der Waals surface area contributed by atoms with Gasteiger partial charge in [-0.2, -0.15) is 5.10 Å². The molecule has 1 atom stereocenters. The van der Waals surface area contributed by atoms with Crippen molar-refractivity contribution in [3.05, 3.63) is 52.3 Å². The van der Waals surface area contributed by atoms with Crippen molar-refractivity contribution < 1.29 is 13.5 Å². The Bertz CT molecular complexity index is 872. The first-order valence-corrected chi connectivity index (χ1v) is 10.0. The molecule has 3 rings (SSSR count). The van der Waals surface area contributed by atoms with Crippen molar-refractivity contribution in [1.82, 2.24) is 14.1 Å². The number of fused-ring (bicyclic) bond motifs is 1. The van der Waals surface area contributed by atoms with Gasteiger partial charge in [-0.25, -0.2) is 12.7 Å². The molecule has 2 aromatic rings. The highest BCUT2D eigenvalue weighted by atomic mass is 32.2. The van der Waals surface area contributed by atoms with Crippen LogP contribution in [0.1, 0.15) is 27.9 Å². The summed E-state index contributed by atoms with van der Waals surface area (Å²) in [5.41, 5.74) is 5.31. The van der Waals surface area contributed by atoms with Gasteiger partial charge in [-0.1, -0.05) is 18.2 Å². The molecule has 25 heavy (non-hydrogen) atoms. The summed E-state index contributed by atoms with van der Waals surface area (Å²) in [5, 5.41) is 13.7. The maximum atomic E-state index is 12.1. The monoisotopic (exact) mass is 363 g/mol. The number of rotatable bonds is 6. The van der Waals surface area contributed by atoms with Crippen LogP contribution in [0, 0.1) is 12.8 Å². The summed E-state index contributed by atoms with van der Waals surface area (Å²) in [6.07, 6.45) is 3.49. The minimum absolute atomic E-state index is 0.00193. The van der Waals surface area contributed by atoms with Crippen molar-refractivity contribution in [3.63, 3.8) is 0 Å². The van der Waals surface area contributed by atoms with Gasteiger partial charge in [-0.05, 0) is 42.4 Å². The van der Waals surface area contributed by atoms with Gasteiger partial charge in [0.25, 0.3) is 0 Å². The highest BCUT2D eigenvalue weighted by Gasteiger charge is 2.27. The number of aryl methyl sites for hydroxylation is 1. The van der Waals surface area contributed by atoms with Crippen LogP contribution in [0.3, 0.4) is 0 Å². The van der Waals surface area contributed by atoms with E-state index in [0.717, 1.165) is 29.7 Å². The van der Waals surface area contributed by atoms with E-state index < -0.39 is 10.0 Å². The Hall–Kier alpha value is -1.70. The predicted molar refractivity (Wildman–Crippen MR) is 96.8 cm³/mol. The number of hydrogen-bond acceptors (Lipinski definition) is 4. The van der Waals surface area contributed by atoms with Crippen LogP contribution in [0.2, 0.25) is 0 Å². The van der Waals surface area contributed by atoms with E-state index in [9.17, 15) is 13.5 Å². The van der Waals surface area contributed by atoms with E-state index in [0.29, 0.717) is 6.54 Å². The zero-order valence-corrected chi connectivity index (χ0v) is 15.8. The van der Waals surface area contributed by atoms with E-state index in [1.807, 2.05) is 17.8 Å². The fourth-order valence-corrected chi connectivity index (χ4v) is 4.54. The van der Waals surface area contributed by atoms with Gasteiger partial charge in [0, 0.05) is 25.9 Å². The molecule has 0 radical (unpaired) electrons. The molecule has 6 nitrogen and oxygen atoms in total. The van der Waals surface area contributed by atoms with Crippen LogP contribution < -0.4 is 0 Å². The molecule has 7 heteroatoms. The Morgan fingerprint density at radius 3 is 2.64 bits per heavy atom. The molecule has 1 aliphatic carbocycles. The Balaban J connectivity index is 1.71. The van der Waals surface area contributed by atoms with Crippen LogP contribution in [0.4, 0.5) is 0 Å². The lowest BCUT2D eigenvalue weighted by Gasteiger charge is -2.14. The highest BCUT2D eigenvalue weighted by molar-refractivity contribution is 7.89. The molecule has 0 unspecified atom stereocenters. The van der Waals surface area contributed by atoms with E-state index in [4.69, 9.17) is 0 Å². The van der Waals surface area contributed by atoms with Gasteiger partial charge >= 0.3 is 0 Å². The van der Waals surface area contributed by atoms with Gasteiger partial charge < -0.3 is 5.11 Å². The molecule has 0 aliphatic heterocycles. The summed E-state index contributed by atoms with van der Waals surface area (Å²) in [6, 6.07) is 6.35. The molecule has 1 N–H and O–H groups in total. The zero-order chi connectivity index (χ0) is 18.2. The summed E-state index contributed by atoms with van der Waals surface area (Å²) < 4.78 is 27.3. The molecule has 1 heterocycles. The summed E-state index contributed by atoms with van der Waals surface area (Å²) in [4.78, 5) is 0. The Morgan fingerprint density at radius 1 is 1.28 bits per heavy atom. The molecule has 136 valence electrons. The van der Waals surface area contributed by atoms with E-state index in [-0.39, 0.29) is 18.3 Å². The quantitative estimate of drug-likeness (QED) is 0.840. The summed E-state index contributed by atoms with van der Waals surface area (Å²) >= 11 is 0. The van der Waals surface area contributed by atoms with E-state index in [1.54, 1.807) is 14.1 Å². The van der Waals surface area contributed by atoms with Crippen LogP contribution in [-0.2, 0) is 36.0 Å². The number of sulfonamides is 1. The average molecular weight is 363 g/mol. The van der Waals surface area contributed by atoms with Crippen LogP contribution in [0.5, 0.6) is 0 Å². The Morgan fingerprint density at radius 2 is 2.00 bits per heavy atom. The number of hydrogen-bond donors (Lipinski definition) is 1. The van der Waals surface area contributed by atoms with Gasteiger partial charge in [0.1, 0.15) is 0 Å².